The SMILES string of the molecule is c1ccc2nc(N3CC4CNCC4C3)cnc2c1. The average molecular weight is 240 g/mol. The maximum atomic E-state index is 4.73. The van der Waals surface area contributed by atoms with Gasteiger partial charge in [-0.1, -0.05) is 12.1 Å². The van der Waals surface area contributed by atoms with Crippen LogP contribution < -0.4 is 10.2 Å². The Kier molecular flexibility index (Phi) is 2.23. The van der Waals surface area contributed by atoms with Crippen LogP contribution >= 0.6 is 0 Å². The van der Waals surface area contributed by atoms with Gasteiger partial charge in [-0.3, -0.25) is 4.98 Å². The zero-order valence-corrected chi connectivity index (χ0v) is 10.2. The monoisotopic (exact) mass is 240 g/mol. The van der Waals surface area contributed by atoms with E-state index in [-0.39, 0.29) is 0 Å². The average Bonchev–Trinajstić information content (AvgIpc) is 2.99. The molecular formula is C14H16N4. The van der Waals surface area contributed by atoms with E-state index in [0.29, 0.717) is 0 Å². The molecule has 4 heteroatoms. The van der Waals surface area contributed by atoms with Crippen LogP contribution in [0.4, 0.5) is 5.82 Å². The van der Waals surface area contributed by atoms with Crippen molar-refractivity contribution in [2.45, 2.75) is 0 Å². The van der Waals surface area contributed by atoms with Crippen LogP contribution in [0.15, 0.2) is 30.5 Å². The summed E-state index contributed by atoms with van der Waals surface area (Å²) in [5, 5.41) is 3.46. The largest absolute Gasteiger partial charge is 0.355 e. The first-order valence-corrected chi connectivity index (χ1v) is 6.57. The summed E-state index contributed by atoms with van der Waals surface area (Å²) >= 11 is 0. The van der Waals surface area contributed by atoms with Gasteiger partial charge < -0.3 is 10.2 Å². The summed E-state index contributed by atoms with van der Waals surface area (Å²) in [5.74, 6) is 2.61. The van der Waals surface area contributed by atoms with Gasteiger partial charge in [-0.25, -0.2) is 4.98 Å². The summed E-state index contributed by atoms with van der Waals surface area (Å²) < 4.78 is 0. The number of hydrogen-bond acceptors (Lipinski definition) is 4. The van der Waals surface area contributed by atoms with Gasteiger partial charge in [0, 0.05) is 26.2 Å². The molecule has 2 aliphatic rings. The van der Waals surface area contributed by atoms with E-state index in [1.54, 1.807) is 0 Å². The first kappa shape index (κ1) is 10.3. The van der Waals surface area contributed by atoms with Crippen LogP contribution in [0.2, 0.25) is 0 Å². The minimum absolute atomic E-state index is 0.790. The molecule has 0 amide bonds. The van der Waals surface area contributed by atoms with E-state index in [9.17, 15) is 0 Å². The lowest BCUT2D eigenvalue weighted by molar-refractivity contribution is 0.533. The molecule has 92 valence electrons. The molecule has 2 unspecified atom stereocenters. The lowest BCUT2D eigenvalue weighted by Crippen LogP contribution is -2.26. The Morgan fingerprint density at radius 2 is 1.78 bits per heavy atom. The quantitative estimate of drug-likeness (QED) is 0.815. The molecule has 4 rings (SSSR count). The molecule has 2 atom stereocenters. The van der Waals surface area contributed by atoms with E-state index in [0.717, 1.165) is 54.9 Å². The predicted molar refractivity (Wildman–Crippen MR) is 71.6 cm³/mol. The van der Waals surface area contributed by atoms with Crippen molar-refractivity contribution in [2.24, 2.45) is 11.8 Å². The molecule has 2 saturated heterocycles. The van der Waals surface area contributed by atoms with Gasteiger partial charge in [0.05, 0.1) is 17.2 Å². The summed E-state index contributed by atoms with van der Waals surface area (Å²) in [4.78, 5) is 11.6. The van der Waals surface area contributed by atoms with Crippen LogP contribution in [-0.2, 0) is 0 Å². The first-order chi connectivity index (χ1) is 8.90. The molecule has 1 N–H and O–H groups in total. The van der Waals surface area contributed by atoms with Gasteiger partial charge in [-0.15, -0.1) is 0 Å². The third-order valence-corrected chi connectivity index (χ3v) is 4.15. The zero-order valence-electron chi connectivity index (χ0n) is 10.2. The van der Waals surface area contributed by atoms with Crippen molar-refractivity contribution in [1.82, 2.24) is 15.3 Å². The lowest BCUT2D eigenvalue weighted by Gasteiger charge is -2.18. The highest BCUT2D eigenvalue weighted by Gasteiger charge is 2.36. The summed E-state index contributed by atoms with van der Waals surface area (Å²) in [6, 6.07) is 8.06. The normalized spacial score (nSPS) is 26.8. The Bertz CT molecular complexity index is 571. The van der Waals surface area contributed by atoms with Crippen molar-refractivity contribution in [3.8, 4) is 0 Å². The van der Waals surface area contributed by atoms with Crippen molar-refractivity contribution in [2.75, 3.05) is 31.1 Å². The Balaban J connectivity index is 1.67. The molecule has 3 heterocycles. The van der Waals surface area contributed by atoms with Gasteiger partial charge in [-0.2, -0.15) is 0 Å². The number of rotatable bonds is 1. The molecule has 18 heavy (non-hydrogen) atoms. The van der Waals surface area contributed by atoms with E-state index in [1.165, 1.54) is 0 Å². The van der Waals surface area contributed by atoms with Crippen LogP contribution in [0.3, 0.4) is 0 Å². The molecule has 0 saturated carbocycles. The lowest BCUT2D eigenvalue weighted by atomic mass is 10.0. The first-order valence-electron chi connectivity index (χ1n) is 6.57. The highest BCUT2D eigenvalue weighted by atomic mass is 15.2. The van der Waals surface area contributed by atoms with Crippen LogP contribution in [-0.4, -0.2) is 36.1 Å². The van der Waals surface area contributed by atoms with E-state index in [1.807, 2.05) is 30.5 Å². The van der Waals surface area contributed by atoms with Crippen LogP contribution in [0, 0.1) is 11.8 Å². The maximum Gasteiger partial charge on any atom is 0.147 e. The third-order valence-electron chi connectivity index (χ3n) is 4.15. The fourth-order valence-corrected chi connectivity index (χ4v) is 3.14. The van der Waals surface area contributed by atoms with E-state index < -0.39 is 0 Å². The highest BCUT2D eigenvalue weighted by Crippen LogP contribution is 2.29. The summed E-state index contributed by atoms with van der Waals surface area (Å²) in [6.07, 6.45) is 1.91. The van der Waals surface area contributed by atoms with Crippen LogP contribution in [0.25, 0.3) is 11.0 Å². The predicted octanol–water partition coefficient (Wildman–Crippen LogP) is 1.29. The van der Waals surface area contributed by atoms with Crippen molar-refractivity contribution in [3.63, 3.8) is 0 Å². The molecule has 0 aliphatic carbocycles. The second-order valence-corrected chi connectivity index (χ2v) is 5.30. The second-order valence-electron chi connectivity index (χ2n) is 5.30. The van der Waals surface area contributed by atoms with Crippen molar-refractivity contribution in [1.29, 1.82) is 0 Å². The Hall–Kier alpha value is -1.68. The topological polar surface area (TPSA) is 41.1 Å². The Labute approximate surface area is 106 Å². The zero-order chi connectivity index (χ0) is 11.9. The number of nitrogens with one attached hydrogen (secondary N) is 1. The van der Waals surface area contributed by atoms with Gasteiger partial charge in [-0.05, 0) is 24.0 Å². The number of para-hydroxylation sites is 2. The van der Waals surface area contributed by atoms with E-state index >= 15 is 0 Å². The number of fused-ring (bicyclic) bond motifs is 2. The minimum Gasteiger partial charge on any atom is -0.355 e. The number of anilines is 1. The fraction of sp³-hybridized carbons (Fsp3) is 0.429. The van der Waals surface area contributed by atoms with Crippen molar-refractivity contribution in [3.05, 3.63) is 30.5 Å². The molecule has 2 fully saturated rings. The van der Waals surface area contributed by atoms with E-state index in [2.05, 4.69) is 15.2 Å². The summed E-state index contributed by atoms with van der Waals surface area (Å²) in [6.45, 7) is 4.54. The van der Waals surface area contributed by atoms with Gasteiger partial charge in [0.25, 0.3) is 0 Å². The molecule has 2 aromatic rings. The van der Waals surface area contributed by atoms with Crippen LogP contribution in [0.1, 0.15) is 0 Å². The molecule has 0 bridgehead atoms. The number of hydrogen-bond donors (Lipinski definition) is 1. The molecule has 0 spiro atoms. The molecule has 1 aromatic carbocycles. The molecule has 2 aliphatic heterocycles. The summed E-state index contributed by atoms with van der Waals surface area (Å²) in [5.41, 5.74) is 1.97. The van der Waals surface area contributed by atoms with Gasteiger partial charge >= 0.3 is 0 Å². The Morgan fingerprint density at radius 3 is 2.56 bits per heavy atom. The number of benzene rings is 1. The van der Waals surface area contributed by atoms with Crippen molar-refractivity contribution < 1.29 is 0 Å². The van der Waals surface area contributed by atoms with E-state index in [4.69, 9.17) is 4.98 Å². The number of nitrogens with zero attached hydrogens (tertiary/aromatic N) is 3. The van der Waals surface area contributed by atoms with Crippen LogP contribution in [0.5, 0.6) is 0 Å². The molecular weight excluding hydrogens is 224 g/mol. The third kappa shape index (κ3) is 1.56. The van der Waals surface area contributed by atoms with Crippen molar-refractivity contribution >= 4 is 16.9 Å². The standard InChI is InChI=1S/C14H16N4/c1-2-4-13-12(3-1)16-7-14(17-13)18-8-10-5-15-6-11(10)9-18/h1-4,7,10-11,15H,5-6,8-9H2. The smallest absolute Gasteiger partial charge is 0.147 e. The molecule has 1 aromatic heterocycles. The Morgan fingerprint density at radius 1 is 1.06 bits per heavy atom. The van der Waals surface area contributed by atoms with Gasteiger partial charge in [0.2, 0.25) is 0 Å². The van der Waals surface area contributed by atoms with Gasteiger partial charge in [0.15, 0.2) is 0 Å². The minimum atomic E-state index is 0.790. The maximum absolute atomic E-state index is 4.73. The second kappa shape index (κ2) is 3.92. The number of aromatic nitrogens is 2. The fourth-order valence-electron chi connectivity index (χ4n) is 3.14. The molecule has 4 nitrogen and oxygen atoms in total. The van der Waals surface area contributed by atoms with Gasteiger partial charge in [0.1, 0.15) is 5.82 Å². The highest BCUT2D eigenvalue weighted by molar-refractivity contribution is 5.75. The summed E-state index contributed by atoms with van der Waals surface area (Å²) in [7, 11) is 0. The molecule has 0 radical (unpaired) electrons.